The highest BCUT2D eigenvalue weighted by atomic mass is 19.1. The van der Waals surface area contributed by atoms with E-state index in [-0.39, 0.29) is 17.6 Å². The van der Waals surface area contributed by atoms with Crippen LogP contribution in [0.5, 0.6) is 5.75 Å². The highest BCUT2D eigenvalue weighted by molar-refractivity contribution is 5.46. The van der Waals surface area contributed by atoms with Crippen molar-refractivity contribution < 1.29 is 19.2 Å². The molecule has 132 valence electrons. The van der Waals surface area contributed by atoms with E-state index < -0.39 is 16.5 Å². The van der Waals surface area contributed by atoms with Gasteiger partial charge in [0.1, 0.15) is 0 Å². The third-order valence-electron chi connectivity index (χ3n) is 4.86. The van der Waals surface area contributed by atoms with Gasteiger partial charge in [-0.15, -0.1) is 0 Å². The fourth-order valence-corrected chi connectivity index (χ4v) is 3.68. The number of phenols is 1. The van der Waals surface area contributed by atoms with Crippen LogP contribution in [0.15, 0.2) is 12.1 Å². The van der Waals surface area contributed by atoms with Gasteiger partial charge in [0.05, 0.1) is 11.0 Å². The summed E-state index contributed by atoms with van der Waals surface area (Å²) in [4.78, 5) is 12.7. The van der Waals surface area contributed by atoms with Crippen LogP contribution < -0.4 is 5.32 Å². The maximum Gasteiger partial charge on any atom is 0.272 e. The maximum absolute atomic E-state index is 14.1. The molecule has 0 saturated carbocycles. The minimum absolute atomic E-state index is 0.171. The largest absolute Gasteiger partial charge is 0.505 e. The molecule has 0 radical (unpaired) electrons. The van der Waals surface area contributed by atoms with Gasteiger partial charge >= 0.3 is 0 Å². The van der Waals surface area contributed by atoms with Crippen molar-refractivity contribution in [1.29, 1.82) is 0 Å². The third-order valence-corrected chi connectivity index (χ3v) is 4.86. The van der Waals surface area contributed by atoms with Crippen LogP contribution in [-0.2, 0) is 4.74 Å². The first-order valence-electron chi connectivity index (χ1n) is 8.27. The van der Waals surface area contributed by atoms with E-state index in [4.69, 9.17) is 4.74 Å². The lowest BCUT2D eigenvalue weighted by Gasteiger charge is -2.41. The highest BCUT2D eigenvalue weighted by Gasteiger charge is 2.34. The number of nitrogens with one attached hydrogen (secondary N) is 1. The molecule has 0 aromatic heterocycles. The molecule has 0 bridgehead atoms. The Kier molecular flexibility index (Phi) is 5.27. The van der Waals surface area contributed by atoms with Crippen molar-refractivity contribution in [3.8, 4) is 5.75 Å². The molecule has 0 aliphatic carbocycles. The van der Waals surface area contributed by atoms with Crippen molar-refractivity contribution >= 4 is 5.69 Å². The summed E-state index contributed by atoms with van der Waals surface area (Å²) in [5.41, 5.74) is -0.0111. The standard InChI is InChI=1S/C16H22FN3O4/c17-14-10-12(20(22)23)9-13(16(14)21)15(11-1-7-24-8-2-11)19-5-3-18-4-6-19/h9-11,15,18,21H,1-8H2/t15-/m0/s1. The Balaban J connectivity index is 2.01. The van der Waals surface area contributed by atoms with E-state index in [1.165, 1.54) is 6.07 Å². The monoisotopic (exact) mass is 339 g/mol. The number of hydrogen-bond donors (Lipinski definition) is 2. The van der Waals surface area contributed by atoms with E-state index in [0.717, 1.165) is 45.1 Å². The SMILES string of the molecule is O=[N+]([O-])c1cc(F)c(O)c([C@H](C2CCOCC2)N2CCNCC2)c1. The quantitative estimate of drug-likeness (QED) is 0.643. The molecule has 2 aliphatic heterocycles. The van der Waals surface area contributed by atoms with Crippen LogP contribution in [0.2, 0.25) is 0 Å². The summed E-state index contributed by atoms with van der Waals surface area (Å²) in [6, 6.07) is 1.85. The number of non-ortho nitro benzene ring substituents is 1. The number of piperazine rings is 1. The zero-order valence-electron chi connectivity index (χ0n) is 13.4. The van der Waals surface area contributed by atoms with Gasteiger partial charge in [-0.1, -0.05) is 0 Å². The van der Waals surface area contributed by atoms with Crippen molar-refractivity contribution in [3.63, 3.8) is 0 Å². The second-order valence-electron chi connectivity index (χ2n) is 6.30. The number of ether oxygens (including phenoxy) is 1. The number of nitro benzene ring substituents is 1. The number of aromatic hydroxyl groups is 1. The number of benzene rings is 1. The summed E-state index contributed by atoms with van der Waals surface area (Å²) in [6.45, 7) is 4.35. The molecule has 2 N–H and O–H groups in total. The lowest BCUT2D eigenvalue weighted by molar-refractivity contribution is -0.385. The molecular formula is C16H22FN3O4. The molecule has 1 aromatic carbocycles. The van der Waals surface area contributed by atoms with E-state index in [9.17, 15) is 19.6 Å². The third kappa shape index (κ3) is 3.50. The maximum atomic E-state index is 14.1. The topological polar surface area (TPSA) is 87.9 Å². The highest BCUT2D eigenvalue weighted by Crippen LogP contribution is 2.41. The lowest BCUT2D eigenvalue weighted by Crippen LogP contribution is -2.47. The Labute approximate surface area is 139 Å². The Hall–Kier alpha value is -1.77. The summed E-state index contributed by atoms with van der Waals surface area (Å²) in [7, 11) is 0. The van der Waals surface area contributed by atoms with Crippen LogP contribution in [0.1, 0.15) is 24.4 Å². The predicted octanol–water partition coefficient (Wildman–Crippen LogP) is 1.81. The minimum Gasteiger partial charge on any atom is -0.505 e. The molecule has 1 atom stereocenters. The van der Waals surface area contributed by atoms with E-state index >= 15 is 0 Å². The van der Waals surface area contributed by atoms with Gasteiger partial charge in [0.15, 0.2) is 11.6 Å². The number of halogens is 1. The van der Waals surface area contributed by atoms with Crippen LogP contribution >= 0.6 is 0 Å². The summed E-state index contributed by atoms with van der Waals surface area (Å²) >= 11 is 0. The molecule has 2 saturated heterocycles. The normalized spacial score (nSPS) is 21.5. The smallest absolute Gasteiger partial charge is 0.272 e. The number of nitrogens with zero attached hydrogens (tertiary/aromatic N) is 2. The van der Waals surface area contributed by atoms with Crippen LogP contribution in [0.4, 0.5) is 10.1 Å². The Morgan fingerprint density at radius 1 is 1.33 bits per heavy atom. The van der Waals surface area contributed by atoms with Crippen molar-refractivity contribution in [2.24, 2.45) is 5.92 Å². The fourth-order valence-electron chi connectivity index (χ4n) is 3.68. The summed E-state index contributed by atoms with van der Waals surface area (Å²) < 4.78 is 19.5. The van der Waals surface area contributed by atoms with Gasteiger partial charge in [0.25, 0.3) is 5.69 Å². The van der Waals surface area contributed by atoms with E-state index in [2.05, 4.69) is 10.2 Å². The summed E-state index contributed by atoms with van der Waals surface area (Å²) in [5, 5.41) is 24.6. The average molecular weight is 339 g/mol. The number of nitro groups is 1. The lowest BCUT2D eigenvalue weighted by atomic mass is 9.85. The molecule has 8 heteroatoms. The summed E-state index contributed by atoms with van der Waals surface area (Å²) in [5.74, 6) is -1.24. The van der Waals surface area contributed by atoms with Gasteiger partial charge < -0.3 is 15.2 Å². The van der Waals surface area contributed by atoms with Gasteiger partial charge in [-0.25, -0.2) is 4.39 Å². The van der Waals surface area contributed by atoms with E-state index in [1.807, 2.05) is 0 Å². The molecule has 3 rings (SSSR count). The minimum atomic E-state index is -0.939. The fraction of sp³-hybridized carbons (Fsp3) is 0.625. The van der Waals surface area contributed by atoms with Gasteiger partial charge in [0, 0.05) is 57.1 Å². The first-order valence-corrected chi connectivity index (χ1v) is 8.27. The first kappa shape index (κ1) is 17.1. The molecule has 1 aromatic rings. The molecular weight excluding hydrogens is 317 g/mol. The van der Waals surface area contributed by atoms with Crippen molar-refractivity contribution in [1.82, 2.24) is 10.2 Å². The van der Waals surface area contributed by atoms with Crippen molar-refractivity contribution in [2.45, 2.75) is 18.9 Å². The number of phenolic OH excluding ortho intramolecular Hbond substituents is 1. The molecule has 7 nitrogen and oxygen atoms in total. The Morgan fingerprint density at radius 3 is 2.62 bits per heavy atom. The van der Waals surface area contributed by atoms with Crippen LogP contribution in [0.3, 0.4) is 0 Å². The molecule has 2 aliphatic rings. The van der Waals surface area contributed by atoms with Crippen LogP contribution in [0, 0.1) is 21.8 Å². The molecule has 0 spiro atoms. The van der Waals surface area contributed by atoms with E-state index in [1.54, 1.807) is 0 Å². The van der Waals surface area contributed by atoms with Crippen molar-refractivity contribution in [3.05, 3.63) is 33.6 Å². The molecule has 2 fully saturated rings. The second kappa shape index (κ2) is 7.42. The second-order valence-corrected chi connectivity index (χ2v) is 6.30. The Morgan fingerprint density at radius 2 is 2.00 bits per heavy atom. The van der Waals surface area contributed by atoms with Gasteiger partial charge in [0.2, 0.25) is 0 Å². The number of rotatable bonds is 4. The van der Waals surface area contributed by atoms with Crippen LogP contribution in [-0.4, -0.2) is 54.3 Å². The zero-order valence-corrected chi connectivity index (χ0v) is 13.4. The molecule has 2 heterocycles. The molecule has 24 heavy (non-hydrogen) atoms. The number of hydrogen-bond acceptors (Lipinski definition) is 6. The first-order chi connectivity index (χ1) is 11.6. The van der Waals surface area contributed by atoms with Crippen molar-refractivity contribution in [2.75, 3.05) is 39.4 Å². The molecule has 0 unspecified atom stereocenters. The predicted molar refractivity (Wildman–Crippen MR) is 85.4 cm³/mol. The van der Waals surface area contributed by atoms with Crippen LogP contribution in [0.25, 0.3) is 0 Å². The van der Waals surface area contributed by atoms with Gasteiger partial charge in [-0.05, 0) is 18.8 Å². The summed E-state index contributed by atoms with van der Waals surface area (Å²) in [6.07, 6.45) is 1.58. The van der Waals surface area contributed by atoms with Gasteiger partial charge in [-0.3, -0.25) is 15.0 Å². The Bertz CT molecular complexity index is 583. The average Bonchev–Trinajstić information content (AvgIpc) is 2.60. The molecule has 0 amide bonds. The zero-order chi connectivity index (χ0) is 17.1. The van der Waals surface area contributed by atoms with Gasteiger partial charge in [-0.2, -0.15) is 0 Å². The van der Waals surface area contributed by atoms with E-state index in [0.29, 0.717) is 18.8 Å².